The van der Waals surface area contributed by atoms with E-state index in [9.17, 15) is 0 Å². The summed E-state index contributed by atoms with van der Waals surface area (Å²) in [6, 6.07) is 6.30. The normalized spacial score (nSPS) is 19.3. The molecule has 1 aromatic heterocycles. The van der Waals surface area contributed by atoms with Gasteiger partial charge in [-0.2, -0.15) is 0 Å². The van der Waals surface area contributed by atoms with Gasteiger partial charge in [0.2, 0.25) is 0 Å². The zero-order valence-electron chi connectivity index (χ0n) is 13.0. The maximum Gasteiger partial charge on any atom is 0.116 e. The van der Waals surface area contributed by atoms with E-state index in [1.165, 1.54) is 28.6 Å². The Morgan fingerprint density at radius 1 is 1.35 bits per heavy atom. The highest BCUT2D eigenvalue weighted by Gasteiger charge is 2.33. The summed E-state index contributed by atoms with van der Waals surface area (Å²) in [5.41, 5.74) is 5.26. The molecular formula is C17H23BN2. The van der Waals surface area contributed by atoms with Crippen LogP contribution in [0.3, 0.4) is 0 Å². The predicted molar refractivity (Wildman–Crippen MR) is 87.0 cm³/mol. The maximum absolute atomic E-state index is 6.18. The molecule has 1 N–H and O–H groups in total. The highest BCUT2D eigenvalue weighted by Crippen LogP contribution is 2.36. The summed E-state index contributed by atoms with van der Waals surface area (Å²) in [6.45, 7) is 4.62. The van der Waals surface area contributed by atoms with Gasteiger partial charge in [0, 0.05) is 29.2 Å². The van der Waals surface area contributed by atoms with Gasteiger partial charge in [0.05, 0.1) is 0 Å². The lowest BCUT2D eigenvalue weighted by Gasteiger charge is -2.37. The number of benzene rings is 1. The number of rotatable bonds is 2. The summed E-state index contributed by atoms with van der Waals surface area (Å²) < 4.78 is 2.31. The summed E-state index contributed by atoms with van der Waals surface area (Å²) >= 11 is 0. The first-order chi connectivity index (χ1) is 9.45. The molecule has 0 fully saturated rings. The van der Waals surface area contributed by atoms with Crippen molar-refractivity contribution in [3.63, 3.8) is 0 Å². The quantitative estimate of drug-likeness (QED) is 0.823. The zero-order valence-corrected chi connectivity index (χ0v) is 13.0. The number of hydrogen-bond acceptors (Lipinski definition) is 1. The van der Waals surface area contributed by atoms with Gasteiger partial charge in [-0.15, -0.1) is 0 Å². The molecule has 1 atom stereocenters. The van der Waals surface area contributed by atoms with Crippen LogP contribution < -0.4 is 10.8 Å². The van der Waals surface area contributed by atoms with E-state index in [0.29, 0.717) is 5.92 Å². The number of para-hydroxylation sites is 1. The lowest BCUT2D eigenvalue weighted by molar-refractivity contribution is 0.243. The lowest BCUT2D eigenvalue weighted by Crippen LogP contribution is -2.46. The van der Waals surface area contributed by atoms with E-state index >= 15 is 0 Å². The predicted octanol–water partition coefficient (Wildman–Crippen LogP) is 2.07. The van der Waals surface area contributed by atoms with Crippen LogP contribution in [0.25, 0.3) is 10.9 Å². The first kappa shape index (κ1) is 13.8. The Morgan fingerprint density at radius 3 is 2.80 bits per heavy atom. The number of aryl methyl sites for hydroxylation is 1. The van der Waals surface area contributed by atoms with Gasteiger partial charge in [0.25, 0.3) is 0 Å². The molecule has 1 heterocycles. The number of aromatic nitrogens is 1. The molecule has 0 aliphatic heterocycles. The van der Waals surface area contributed by atoms with Gasteiger partial charge in [0.15, 0.2) is 0 Å². The molecule has 2 radical (unpaired) electrons. The molecule has 0 amide bonds. The Labute approximate surface area is 123 Å². The molecule has 2 nitrogen and oxygen atoms in total. The molecule has 0 saturated carbocycles. The van der Waals surface area contributed by atoms with Gasteiger partial charge in [-0.05, 0) is 51.6 Å². The van der Waals surface area contributed by atoms with E-state index in [2.05, 4.69) is 50.0 Å². The van der Waals surface area contributed by atoms with Crippen molar-refractivity contribution in [2.45, 2.75) is 38.6 Å². The molecule has 104 valence electrons. The second-order valence-electron chi connectivity index (χ2n) is 6.64. The fourth-order valence-corrected chi connectivity index (χ4v) is 3.70. The van der Waals surface area contributed by atoms with Crippen molar-refractivity contribution in [2.24, 2.45) is 13.0 Å². The van der Waals surface area contributed by atoms with Crippen molar-refractivity contribution >= 4 is 24.2 Å². The van der Waals surface area contributed by atoms with Gasteiger partial charge in [-0.1, -0.05) is 23.7 Å². The van der Waals surface area contributed by atoms with E-state index in [-0.39, 0.29) is 5.54 Å². The third-order valence-corrected chi connectivity index (χ3v) is 5.33. The number of nitrogens with zero attached hydrogens (tertiary/aromatic N) is 1. The van der Waals surface area contributed by atoms with Crippen molar-refractivity contribution in [2.75, 3.05) is 7.05 Å². The first-order valence-corrected chi connectivity index (χ1v) is 7.49. The van der Waals surface area contributed by atoms with Crippen LogP contribution in [0.5, 0.6) is 0 Å². The molecule has 0 bridgehead atoms. The number of nitrogens with one attached hydrogen (secondary N) is 1. The molecule has 1 aliphatic carbocycles. The summed E-state index contributed by atoms with van der Waals surface area (Å²) in [5.74, 6) is 0.673. The Bertz CT molecular complexity index is 655. The van der Waals surface area contributed by atoms with E-state index < -0.39 is 0 Å². The summed E-state index contributed by atoms with van der Waals surface area (Å²) in [7, 11) is 10.4. The Hall–Kier alpha value is -1.22. The van der Waals surface area contributed by atoms with Crippen LogP contribution in [0.1, 0.15) is 31.5 Å². The summed E-state index contributed by atoms with van der Waals surface area (Å²) in [5, 5.41) is 4.82. The Kier molecular flexibility index (Phi) is 3.21. The zero-order chi connectivity index (χ0) is 14.5. The minimum Gasteiger partial charge on any atom is -0.348 e. The van der Waals surface area contributed by atoms with Crippen LogP contribution in [0.4, 0.5) is 0 Å². The first-order valence-electron chi connectivity index (χ1n) is 7.49. The number of fused-ring (bicyclic) bond motifs is 3. The molecule has 1 aromatic carbocycles. The summed E-state index contributed by atoms with van der Waals surface area (Å²) in [6.07, 6.45) is 3.53. The molecule has 1 aliphatic rings. The molecule has 3 rings (SSSR count). The van der Waals surface area contributed by atoms with Crippen molar-refractivity contribution in [3.05, 3.63) is 29.5 Å². The van der Waals surface area contributed by atoms with Crippen molar-refractivity contribution in [3.8, 4) is 0 Å². The number of hydrogen-bond donors (Lipinski definition) is 1. The highest BCUT2D eigenvalue weighted by molar-refractivity contribution is 6.38. The lowest BCUT2D eigenvalue weighted by atomic mass is 9.75. The van der Waals surface area contributed by atoms with E-state index in [0.717, 1.165) is 18.3 Å². The van der Waals surface area contributed by atoms with Crippen molar-refractivity contribution < 1.29 is 0 Å². The molecule has 1 unspecified atom stereocenters. The smallest absolute Gasteiger partial charge is 0.116 e. The summed E-state index contributed by atoms with van der Waals surface area (Å²) in [4.78, 5) is 0. The van der Waals surface area contributed by atoms with Crippen LogP contribution in [-0.2, 0) is 19.9 Å². The third-order valence-electron chi connectivity index (χ3n) is 5.33. The average molecular weight is 266 g/mol. The van der Waals surface area contributed by atoms with Crippen LogP contribution >= 0.6 is 0 Å². The largest absolute Gasteiger partial charge is 0.348 e. The van der Waals surface area contributed by atoms with Crippen molar-refractivity contribution in [1.29, 1.82) is 0 Å². The van der Waals surface area contributed by atoms with Crippen molar-refractivity contribution in [1.82, 2.24) is 9.88 Å². The third kappa shape index (κ3) is 1.91. The van der Waals surface area contributed by atoms with Gasteiger partial charge in [0.1, 0.15) is 7.85 Å². The fourth-order valence-electron chi connectivity index (χ4n) is 3.70. The standard InChI is InChI=1S/C17H23BN2/c1-17(2,19-3)11-8-9-15-13(10-11)12-6-5-7-14(18)16(12)20(15)4/h5-7,11,19H,8-10H2,1-4H3. The van der Waals surface area contributed by atoms with Crippen LogP contribution in [-0.4, -0.2) is 25.0 Å². The van der Waals surface area contributed by atoms with Gasteiger partial charge in [-0.25, -0.2) is 0 Å². The maximum atomic E-state index is 6.18. The topological polar surface area (TPSA) is 17.0 Å². The van der Waals surface area contributed by atoms with Crippen LogP contribution in [0.2, 0.25) is 0 Å². The highest BCUT2D eigenvalue weighted by atomic mass is 15.0. The van der Waals surface area contributed by atoms with Gasteiger partial charge < -0.3 is 9.88 Å². The van der Waals surface area contributed by atoms with E-state index in [4.69, 9.17) is 7.85 Å². The molecular weight excluding hydrogens is 243 g/mol. The van der Waals surface area contributed by atoms with Crippen LogP contribution in [0, 0.1) is 5.92 Å². The minimum absolute atomic E-state index is 0.181. The van der Waals surface area contributed by atoms with Crippen LogP contribution in [0.15, 0.2) is 18.2 Å². The molecule has 2 aromatic rings. The molecule has 3 heteroatoms. The van der Waals surface area contributed by atoms with E-state index in [1.54, 1.807) is 0 Å². The average Bonchev–Trinajstić information content (AvgIpc) is 2.73. The minimum atomic E-state index is 0.181. The monoisotopic (exact) mass is 266 g/mol. The SMILES string of the molecule is [B]c1cccc2c3c(n(C)c12)CCC(C(C)(C)NC)C3. The second-order valence-corrected chi connectivity index (χ2v) is 6.64. The van der Waals surface area contributed by atoms with Gasteiger partial charge in [-0.3, -0.25) is 0 Å². The van der Waals surface area contributed by atoms with E-state index in [1.807, 2.05) is 6.07 Å². The molecule has 20 heavy (non-hydrogen) atoms. The fraction of sp³-hybridized carbons (Fsp3) is 0.529. The van der Waals surface area contributed by atoms with Gasteiger partial charge >= 0.3 is 0 Å². The Balaban J connectivity index is 2.12. The molecule has 0 spiro atoms. The molecule has 0 saturated heterocycles. The Morgan fingerprint density at radius 2 is 2.10 bits per heavy atom. The second kappa shape index (κ2) is 4.66.